The van der Waals surface area contributed by atoms with Crippen LogP contribution in [0, 0.1) is 13.8 Å². The Morgan fingerprint density at radius 1 is 0.818 bits per heavy atom. The van der Waals surface area contributed by atoms with Crippen molar-refractivity contribution in [1.29, 1.82) is 0 Å². The predicted molar refractivity (Wildman–Crippen MR) is 91.8 cm³/mol. The summed E-state index contributed by atoms with van der Waals surface area (Å²) in [4.78, 5) is 0.309. The fourth-order valence-electron chi connectivity index (χ4n) is 2.50. The SMILES string of the molecule is CC.Cc1c(C)n(S(=O)(=O)c2ccccc2)c2ccccc12. The van der Waals surface area contributed by atoms with Crippen molar-refractivity contribution >= 4 is 20.9 Å². The highest BCUT2D eigenvalue weighted by Crippen LogP contribution is 2.28. The second-order valence-corrected chi connectivity index (χ2v) is 6.60. The summed E-state index contributed by atoms with van der Waals surface area (Å²) in [5.74, 6) is 0. The molecule has 2 aromatic carbocycles. The number of aryl methyl sites for hydroxylation is 1. The quantitative estimate of drug-likeness (QED) is 0.697. The number of hydrogen-bond donors (Lipinski definition) is 0. The first-order chi connectivity index (χ1) is 10.5. The molecule has 3 nitrogen and oxygen atoms in total. The Bertz CT molecular complexity index is 878. The van der Waals surface area contributed by atoms with Crippen LogP contribution in [0.25, 0.3) is 10.9 Å². The van der Waals surface area contributed by atoms with Crippen molar-refractivity contribution in [3.05, 3.63) is 65.9 Å². The van der Waals surface area contributed by atoms with Crippen molar-refractivity contribution in [2.45, 2.75) is 32.6 Å². The lowest BCUT2D eigenvalue weighted by molar-refractivity contribution is 0.588. The van der Waals surface area contributed by atoms with E-state index in [0.717, 1.165) is 22.2 Å². The Hall–Kier alpha value is -2.07. The van der Waals surface area contributed by atoms with Gasteiger partial charge in [-0.05, 0) is 37.6 Å². The Balaban J connectivity index is 0.000000847. The van der Waals surface area contributed by atoms with Gasteiger partial charge in [0.15, 0.2) is 0 Å². The lowest BCUT2D eigenvalue weighted by Gasteiger charge is -2.10. The van der Waals surface area contributed by atoms with Crippen LogP contribution in [-0.2, 0) is 10.0 Å². The molecule has 0 atom stereocenters. The average molecular weight is 315 g/mol. The molecule has 3 rings (SSSR count). The van der Waals surface area contributed by atoms with Gasteiger partial charge in [-0.2, -0.15) is 0 Å². The molecule has 0 saturated heterocycles. The second-order valence-electron chi connectivity index (χ2n) is 4.81. The predicted octanol–water partition coefficient (Wildman–Crippen LogP) is 4.52. The van der Waals surface area contributed by atoms with Crippen molar-refractivity contribution in [1.82, 2.24) is 3.97 Å². The second kappa shape index (κ2) is 6.36. The average Bonchev–Trinajstić information content (AvgIpc) is 2.82. The maximum atomic E-state index is 12.8. The molecule has 0 unspecified atom stereocenters. The maximum absolute atomic E-state index is 12.8. The van der Waals surface area contributed by atoms with Crippen LogP contribution in [-0.4, -0.2) is 12.4 Å². The molecule has 1 aromatic heterocycles. The summed E-state index contributed by atoms with van der Waals surface area (Å²) < 4.78 is 27.1. The molecule has 0 aliphatic rings. The molecule has 22 heavy (non-hydrogen) atoms. The highest BCUT2D eigenvalue weighted by molar-refractivity contribution is 7.90. The molecule has 0 amide bonds. The molecular weight excluding hydrogens is 294 g/mol. The minimum absolute atomic E-state index is 0.309. The molecule has 116 valence electrons. The van der Waals surface area contributed by atoms with Crippen LogP contribution >= 0.6 is 0 Å². The summed E-state index contributed by atoms with van der Waals surface area (Å²) in [6, 6.07) is 16.1. The Morgan fingerprint density at radius 2 is 1.36 bits per heavy atom. The number of fused-ring (bicyclic) bond motifs is 1. The van der Waals surface area contributed by atoms with Gasteiger partial charge in [-0.25, -0.2) is 12.4 Å². The van der Waals surface area contributed by atoms with Gasteiger partial charge in [0.1, 0.15) is 0 Å². The number of hydrogen-bond acceptors (Lipinski definition) is 2. The fraction of sp³-hybridized carbons (Fsp3) is 0.222. The third-order valence-electron chi connectivity index (χ3n) is 3.66. The summed E-state index contributed by atoms with van der Waals surface area (Å²) in [6.07, 6.45) is 0. The summed E-state index contributed by atoms with van der Waals surface area (Å²) >= 11 is 0. The topological polar surface area (TPSA) is 39.1 Å². The monoisotopic (exact) mass is 315 g/mol. The number of rotatable bonds is 2. The van der Waals surface area contributed by atoms with Crippen LogP contribution in [0.15, 0.2) is 59.5 Å². The molecule has 0 bridgehead atoms. The Morgan fingerprint density at radius 3 is 2.00 bits per heavy atom. The van der Waals surface area contributed by atoms with Gasteiger partial charge in [0, 0.05) is 11.1 Å². The molecule has 0 fully saturated rings. The highest BCUT2D eigenvalue weighted by Gasteiger charge is 2.22. The molecule has 0 spiro atoms. The van der Waals surface area contributed by atoms with Crippen LogP contribution in [0.1, 0.15) is 25.1 Å². The highest BCUT2D eigenvalue weighted by atomic mass is 32.2. The van der Waals surface area contributed by atoms with Crippen LogP contribution in [0.4, 0.5) is 0 Å². The standard InChI is InChI=1S/C16H15NO2S.C2H6/c1-12-13(2)17(16-11-7-6-10-15(12)16)20(18,19)14-8-4-3-5-9-14;1-2/h3-11H,1-2H3;1-2H3. The third kappa shape index (κ3) is 2.55. The van der Waals surface area contributed by atoms with Gasteiger partial charge in [0.25, 0.3) is 10.0 Å². The van der Waals surface area contributed by atoms with E-state index < -0.39 is 10.0 Å². The van der Waals surface area contributed by atoms with Crippen LogP contribution in [0.5, 0.6) is 0 Å². The molecule has 3 aromatic rings. The Kier molecular flexibility index (Phi) is 4.71. The van der Waals surface area contributed by atoms with E-state index in [-0.39, 0.29) is 0 Å². The number of aromatic nitrogens is 1. The van der Waals surface area contributed by atoms with E-state index in [1.54, 1.807) is 24.3 Å². The lowest BCUT2D eigenvalue weighted by atomic mass is 10.2. The van der Waals surface area contributed by atoms with Gasteiger partial charge in [0.05, 0.1) is 10.4 Å². The summed E-state index contributed by atoms with van der Waals surface area (Å²) in [5, 5.41) is 0.976. The van der Waals surface area contributed by atoms with E-state index in [0.29, 0.717) is 4.90 Å². The van der Waals surface area contributed by atoms with E-state index in [1.165, 1.54) is 3.97 Å². The summed E-state index contributed by atoms with van der Waals surface area (Å²) in [7, 11) is -3.56. The minimum Gasteiger partial charge on any atom is -0.238 e. The Labute approximate surface area is 132 Å². The molecule has 0 saturated carbocycles. The zero-order valence-electron chi connectivity index (χ0n) is 13.4. The molecule has 1 heterocycles. The van der Waals surface area contributed by atoms with Crippen molar-refractivity contribution in [2.75, 3.05) is 0 Å². The maximum Gasteiger partial charge on any atom is 0.268 e. The van der Waals surface area contributed by atoms with Gasteiger partial charge in [-0.1, -0.05) is 50.2 Å². The first-order valence-corrected chi connectivity index (χ1v) is 8.85. The number of benzene rings is 2. The fourth-order valence-corrected chi connectivity index (χ4v) is 4.13. The molecule has 0 radical (unpaired) electrons. The van der Waals surface area contributed by atoms with Crippen LogP contribution in [0.3, 0.4) is 0 Å². The largest absolute Gasteiger partial charge is 0.268 e. The molecule has 0 aliphatic heterocycles. The zero-order chi connectivity index (χ0) is 16.3. The van der Waals surface area contributed by atoms with Gasteiger partial charge in [-0.3, -0.25) is 0 Å². The molecule has 0 aliphatic carbocycles. The molecule has 0 N–H and O–H groups in total. The number of nitrogens with zero attached hydrogens (tertiary/aromatic N) is 1. The summed E-state index contributed by atoms with van der Waals surface area (Å²) in [5.41, 5.74) is 2.49. The van der Waals surface area contributed by atoms with Gasteiger partial charge >= 0.3 is 0 Å². The first-order valence-electron chi connectivity index (χ1n) is 7.41. The normalized spacial score (nSPS) is 11.1. The number of para-hydroxylation sites is 1. The van der Waals surface area contributed by atoms with Crippen molar-refractivity contribution in [3.8, 4) is 0 Å². The third-order valence-corrected chi connectivity index (χ3v) is 5.47. The van der Waals surface area contributed by atoms with E-state index in [9.17, 15) is 8.42 Å². The lowest BCUT2D eigenvalue weighted by Crippen LogP contribution is -2.14. The summed E-state index contributed by atoms with van der Waals surface area (Å²) in [6.45, 7) is 7.80. The van der Waals surface area contributed by atoms with Crippen LogP contribution in [0.2, 0.25) is 0 Å². The van der Waals surface area contributed by atoms with E-state index >= 15 is 0 Å². The van der Waals surface area contributed by atoms with Crippen molar-refractivity contribution < 1.29 is 8.42 Å². The van der Waals surface area contributed by atoms with Crippen molar-refractivity contribution in [2.24, 2.45) is 0 Å². The molecule has 4 heteroatoms. The van der Waals surface area contributed by atoms with Gasteiger partial charge in [-0.15, -0.1) is 0 Å². The van der Waals surface area contributed by atoms with E-state index in [1.807, 2.05) is 58.0 Å². The van der Waals surface area contributed by atoms with E-state index in [4.69, 9.17) is 0 Å². The van der Waals surface area contributed by atoms with Crippen molar-refractivity contribution in [3.63, 3.8) is 0 Å². The minimum atomic E-state index is -3.56. The van der Waals surface area contributed by atoms with Crippen LogP contribution < -0.4 is 0 Å². The first kappa shape index (κ1) is 16.3. The van der Waals surface area contributed by atoms with E-state index in [2.05, 4.69) is 0 Å². The smallest absolute Gasteiger partial charge is 0.238 e. The zero-order valence-corrected chi connectivity index (χ0v) is 14.2. The van der Waals surface area contributed by atoms with Gasteiger partial charge in [0.2, 0.25) is 0 Å². The van der Waals surface area contributed by atoms with Gasteiger partial charge < -0.3 is 0 Å². The molecular formula is C18H21NO2S.